The van der Waals surface area contributed by atoms with Crippen molar-refractivity contribution >= 4 is 17.6 Å². The molecule has 3 rings (SSSR count). The fourth-order valence-corrected chi connectivity index (χ4v) is 3.53. The summed E-state index contributed by atoms with van der Waals surface area (Å²) < 4.78 is 8.03. The highest BCUT2D eigenvalue weighted by molar-refractivity contribution is 6.30. The summed E-state index contributed by atoms with van der Waals surface area (Å²) in [5.41, 5.74) is 4.32. The average molecular weight is 441 g/mol. The number of aromatic nitrogens is 2. The van der Waals surface area contributed by atoms with E-state index < -0.39 is 5.97 Å². The Labute approximate surface area is 188 Å². The Morgan fingerprint density at radius 1 is 1.16 bits per heavy atom. The van der Waals surface area contributed by atoms with E-state index in [0.717, 1.165) is 53.2 Å². The molecule has 0 saturated heterocycles. The predicted octanol–water partition coefficient (Wildman–Crippen LogP) is 6.33. The highest BCUT2D eigenvalue weighted by Gasteiger charge is 2.17. The molecular formula is C25H29ClN2O3. The number of halogens is 1. The Morgan fingerprint density at radius 3 is 2.55 bits per heavy atom. The van der Waals surface area contributed by atoms with Crippen molar-refractivity contribution in [3.05, 3.63) is 59.1 Å². The largest absolute Gasteiger partial charge is 0.493 e. The Balaban J connectivity index is 2.08. The normalized spacial score (nSPS) is 11.1. The number of ether oxygens (including phenoxy) is 1. The molecule has 0 spiro atoms. The van der Waals surface area contributed by atoms with Crippen LogP contribution in [-0.4, -0.2) is 27.5 Å². The van der Waals surface area contributed by atoms with Gasteiger partial charge in [0.05, 0.1) is 24.4 Å². The van der Waals surface area contributed by atoms with E-state index in [1.54, 1.807) is 0 Å². The Morgan fingerprint density at radius 2 is 1.90 bits per heavy atom. The standard InChI is InChI=1S/C25H29ClN2O3/c1-4-5-12-31-24-11-6-18(14-25(29)30)13-21(24)22-15-23(28(27-22)16-17(2)3)19-7-9-20(26)10-8-19/h6-11,13,15,17H,4-5,12,14,16H2,1-3H3,(H,29,30). The van der Waals surface area contributed by atoms with Gasteiger partial charge >= 0.3 is 5.97 Å². The van der Waals surface area contributed by atoms with Crippen LogP contribution < -0.4 is 4.74 Å². The van der Waals surface area contributed by atoms with Gasteiger partial charge in [-0.1, -0.05) is 57.0 Å². The van der Waals surface area contributed by atoms with E-state index in [2.05, 4.69) is 20.8 Å². The molecule has 164 valence electrons. The lowest BCUT2D eigenvalue weighted by Gasteiger charge is -2.12. The predicted molar refractivity (Wildman–Crippen MR) is 125 cm³/mol. The fraction of sp³-hybridized carbons (Fsp3) is 0.360. The molecule has 1 heterocycles. The van der Waals surface area contributed by atoms with Crippen molar-refractivity contribution < 1.29 is 14.6 Å². The lowest BCUT2D eigenvalue weighted by molar-refractivity contribution is -0.136. The van der Waals surface area contributed by atoms with Gasteiger partial charge in [0.1, 0.15) is 5.75 Å². The number of carboxylic acid groups (broad SMARTS) is 1. The maximum absolute atomic E-state index is 11.2. The van der Waals surface area contributed by atoms with Crippen molar-refractivity contribution in [3.8, 4) is 28.3 Å². The zero-order chi connectivity index (χ0) is 22.4. The molecule has 0 aliphatic heterocycles. The van der Waals surface area contributed by atoms with Gasteiger partial charge in [-0.2, -0.15) is 5.10 Å². The van der Waals surface area contributed by atoms with Crippen molar-refractivity contribution in [1.29, 1.82) is 0 Å². The molecule has 0 amide bonds. The third-order valence-corrected chi connectivity index (χ3v) is 5.14. The summed E-state index contributed by atoms with van der Waals surface area (Å²) in [4.78, 5) is 11.2. The van der Waals surface area contributed by atoms with Crippen LogP contribution in [0.4, 0.5) is 0 Å². The van der Waals surface area contributed by atoms with Gasteiger partial charge in [-0.3, -0.25) is 9.48 Å². The van der Waals surface area contributed by atoms with Crippen molar-refractivity contribution in [2.24, 2.45) is 5.92 Å². The van der Waals surface area contributed by atoms with Crippen molar-refractivity contribution in [1.82, 2.24) is 9.78 Å². The number of unbranched alkanes of at least 4 members (excludes halogenated alkanes) is 1. The van der Waals surface area contributed by atoms with Crippen LogP contribution in [0.1, 0.15) is 39.2 Å². The molecule has 0 unspecified atom stereocenters. The Hall–Kier alpha value is -2.79. The Kier molecular flexibility index (Phi) is 7.75. The van der Waals surface area contributed by atoms with Gasteiger partial charge in [-0.05, 0) is 53.8 Å². The molecular weight excluding hydrogens is 412 g/mol. The first kappa shape index (κ1) is 22.9. The third kappa shape index (κ3) is 6.11. The second-order valence-corrected chi connectivity index (χ2v) is 8.54. The number of hydrogen-bond acceptors (Lipinski definition) is 3. The van der Waals surface area contributed by atoms with Crippen molar-refractivity contribution in [3.63, 3.8) is 0 Å². The minimum atomic E-state index is -0.863. The van der Waals surface area contributed by atoms with Gasteiger partial charge in [0, 0.05) is 17.1 Å². The van der Waals surface area contributed by atoms with E-state index in [9.17, 15) is 9.90 Å². The monoisotopic (exact) mass is 440 g/mol. The molecule has 0 aliphatic rings. The summed E-state index contributed by atoms with van der Waals surface area (Å²) >= 11 is 6.08. The smallest absolute Gasteiger partial charge is 0.307 e. The minimum Gasteiger partial charge on any atom is -0.493 e. The van der Waals surface area contributed by atoms with Gasteiger partial charge in [-0.25, -0.2) is 0 Å². The lowest BCUT2D eigenvalue weighted by Crippen LogP contribution is -2.08. The van der Waals surface area contributed by atoms with E-state index in [-0.39, 0.29) is 6.42 Å². The second-order valence-electron chi connectivity index (χ2n) is 8.10. The highest BCUT2D eigenvalue weighted by atomic mass is 35.5. The molecule has 1 N–H and O–H groups in total. The SMILES string of the molecule is CCCCOc1ccc(CC(=O)O)cc1-c1cc(-c2ccc(Cl)cc2)n(CC(C)C)n1. The number of benzene rings is 2. The number of hydrogen-bond donors (Lipinski definition) is 1. The molecule has 0 bridgehead atoms. The number of nitrogens with zero attached hydrogens (tertiary/aromatic N) is 2. The maximum atomic E-state index is 11.2. The maximum Gasteiger partial charge on any atom is 0.307 e. The topological polar surface area (TPSA) is 64.3 Å². The van der Waals surface area contributed by atoms with E-state index in [4.69, 9.17) is 21.4 Å². The van der Waals surface area contributed by atoms with Crippen molar-refractivity contribution in [2.45, 2.75) is 46.6 Å². The summed E-state index contributed by atoms with van der Waals surface area (Å²) in [6.45, 7) is 7.79. The van der Waals surface area contributed by atoms with Crippen LogP contribution in [0.2, 0.25) is 5.02 Å². The average Bonchev–Trinajstić information content (AvgIpc) is 3.12. The Bertz CT molecular complexity index is 1030. The first-order valence-electron chi connectivity index (χ1n) is 10.7. The second kappa shape index (κ2) is 10.5. The van der Waals surface area contributed by atoms with Crippen LogP contribution in [-0.2, 0) is 17.8 Å². The first-order chi connectivity index (χ1) is 14.9. The van der Waals surface area contributed by atoms with Crippen LogP contribution in [0, 0.1) is 5.92 Å². The number of carbonyl (C=O) groups is 1. The van der Waals surface area contributed by atoms with Crippen LogP contribution in [0.5, 0.6) is 5.75 Å². The molecule has 2 aromatic carbocycles. The van der Waals surface area contributed by atoms with Gasteiger partial charge in [0.15, 0.2) is 0 Å². The zero-order valence-corrected chi connectivity index (χ0v) is 19.0. The number of aliphatic carboxylic acids is 1. The summed E-state index contributed by atoms with van der Waals surface area (Å²) in [5.74, 6) is 0.273. The van der Waals surface area contributed by atoms with E-state index in [1.165, 1.54) is 0 Å². The fourth-order valence-electron chi connectivity index (χ4n) is 3.40. The lowest BCUT2D eigenvalue weighted by atomic mass is 10.0. The molecule has 6 heteroatoms. The summed E-state index contributed by atoms with van der Waals surface area (Å²) in [6.07, 6.45) is 1.95. The third-order valence-electron chi connectivity index (χ3n) is 4.89. The number of carboxylic acids is 1. The van der Waals surface area contributed by atoms with Gasteiger partial charge < -0.3 is 9.84 Å². The molecule has 5 nitrogen and oxygen atoms in total. The minimum absolute atomic E-state index is 0.0427. The molecule has 1 aromatic heterocycles. The molecule has 0 atom stereocenters. The van der Waals surface area contributed by atoms with E-state index >= 15 is 0 Å². The highest BCUT2D eigenvalue weighted by Crippen LogP contribution is 2.34. The first-order valence-corrected chi connectivity index (χ1v) is 11.1. The molecule has 31 heavy (non-hydrogen) atoms. The molecule has 0 saturated carbocycles. The number of rotatable bonds is 10. The van der Waals surface area contributed by atoms with Crippen LogP contribution in [0.25, 0.3) is 22.5 Å². The van der Waals surface area contributed by atoms with Crippen LogP contribution in [0.15, 0.2) is 48.5 Å². The van der Waals surface area contributed by atoms with Gasteiger partial charge in [0.25, 0.3) is 0 Å². The zero-order valence-electron chi connectivity index (χ0n) is 18.3. The molecule has 0 aliphatic carbocycles. The molecule has 0 radical (unpaired) electrons. The summed E-state index contributed by atoms with van der Waals surface area (Å²) in [7, 11) is 0. The van der Waals surface area contributed by atoms with Gasteiger partial charge in [0.2, 0.25) is 0 Å². The van der Waals surface area contributed by atoms with E-state index in [0.29, 0.717) is 17.5 Å². The summed E-state index contributed by atoms with van der Waals surface area (Å²) in [6, 6.07) is 15.3. The molecule has 3 aromatic rings. The van der Waals surface area contributed by atoms with Crippen LogP contribution >= 0.6 is 11.6 Å². The molecule has 0 fully saturated rings. The van der Waals surface area contributed by atoms with E-state index in [1.807, 2.05) is 53.2 Å². The quantitative estimate of drug-likeness (QED) is 0.374. The van der Waals surface area contributed by atoms with Gasteiger partial charge in [-0.15, -0.1) is 0 Å². The van der Waals surface area contributed by atoms with Crippen molar-refractivity contribution in [2.75, 3.05) is 6.61 Å². The summed E-state index contributed by atoms with van der Waals surface area (Å²) in [5, 5.41) is 14.8. The van der Waals surface area contributed by atoms with Crippen LogP contribution in [0.3, 0.4) is 0 Å².